The van der Waals surface area contributed by atoms with Gasteiger partial charge in [-0.05, 0) is 48.7 Å². The van der Waals surface area contributed by atoms with E-state index < -0.39 is 5.97 Å². The van der Waals surface area contributed by atoms with E-state index in [1.165, 1.54) is 48.8 Å². The van der Waals surface area contributed by atoms with Crippen LogP contribution in [0.25, 0.3) is 21.4 Å². The number of carboxylic acids is 1. The summed E-state index contributed by atoms with van der Waals surface area (Å²) in [5.74, 6) is -1.19. The Labute approximate surface area is 165 Å². The van der Waals surface area contributed by atoms with E-state index in [2.05, 4.69) is 47.9 Å². The molecule has 2 rings (SSSR count). The lowest BCUT2D eigenvalue weighted by atomic mass is 10.1. The summed E-state index contributed by atoms with van der Waals surface area (Å²) < 4.78 is 0. The molecule has 0 saturated heterocycles. The van der Waals surface area contributed by atoms with Gasteiger partial charge in [-0.25, -0.2) is 4.85 Å². The molecule has 0 aliphatic rings. The Morgan fingerprint density at radius 3 is 2.26 bits per heavy atom. The number of rotatable bonds is 10. The molecule has 1 heterocycles. The second kappa shape index (κ2) is 10.5. The SMILES string of the molecule is [C-]#[N+]/C(=C\c1ccc(-c2ccc(N(CCCC)CCCC)cc2)s1)C(=O)O. The van der Waals surface area contributed by atoms with Gasteiger partial charge in [0.2, 0.25) is 0 Å². The average Bonchev–Trinajstić information content (AvgIpc) is 3.15. The van der Waals surface area contributed by atoms with Crippen LogP contribution in [0.5, 0.6) is 0 Å². The fourth-order valence-corrected chi connectivity index (χ4v) is 3.72. The first-order valence-electron chi connectivity index (χ1n) is 9.36. The van der Waals surface area contributed by atoms with Crippen LogP contribution in [0.15, 0.2) is 42.1 Å². The van der Waals surface area contributed by atoms with E-state index in [-0.39, 0.29) is 5.70 Å². The molecule has 1 aromatic carbocycles. The monoisotopic (exact) mass is 382 g/mol. The van der Waals surface area contributed by atoms with Crippen LogP contribution in [0, 0.1) is 6.57 Å². The van der Waals surface area contributed by atoms with Crippen molar-refractivity contribution in [2.45, 2.75) is 39.5 Å². The van der Waals surface area contributed by atoms with Crippen molar-refractivity contribution in [3.05, 3.63) is 58.4 Å². The van der Waals surface area contributed by atoms with Gasteiger partial charge in [0.05, 0.1) is 6.57 Å². The Morgan fingerprint density at radius 1 is 1.11 bits per heavy atom. The van der Waals surface area contributed by atoms with Crippen LogP contribution < -0.4 is 4.90 Å². The van der Waals surface area contributed by atoms with Gasteiger partial charge in [0.1, 0.15) is 0 Å². The van der Waals surface area contributed by atoms with Gasteiger partial charge in [0.15, 0.2) is 0 Å². The molecule has 0 aliphatic carbocycles. The van der Waals surface area contributed by atoms with Crippen molar-refractivity contribution in [1.29, 1.82) is 0 Å². The van der Waals surface area contributed by atoms with E-state index in [9.17, 15) is 4.79 Å². The third-order valence-corrected chi connectivity index (χ3v) is 5.41. The standard InChI is InChI=1S/C22H26N2O2S/c1-4-6-14-24(15-7-5-2)18-10-8-17(9-11-18)21-13-12-19(27-21)16-20(23-3)22(25)26/h8-13,16H,4-7,14-15H2,1-2H3,(H,25,26)/b20-16-. The molecule has 142 valence electrons. The van der Waals surface area contributed by atoms with Crippen molar-refractivity contribution in [3.63, 3.8) is 0 Å². The quantitative estimate of drug-likeness (QED) is 0.395. The number of unbranched alkanes of at least 4 members (excludes halogenated alkanes) is 2. The molecule has 1 N–H and O–H groups in total. The molecule has 0 atom stereocenters. The van der Waals surface area contributed by atoms with Gasteiger partial charge in [-0.2, -0.15) is 0 Å². The highest BCUT2D eigenvalue weighted by Crippen LogP contribution is 2.31. The summed E-state index contributed by atoms with van der Waals surface area (Å²) in [5, 5.41) is 8.98. The Kier molecular flexibility index (Phi) is 8.09. The number of thiophene rings is 1. The van der Waals surface area contributed by atoms with Crippen LogP contribution >= 0.6 is 11.3 Å². The average molecular weight is 383 g/mol. The topological polar surface area (TPSA) is 44.9 Å². The fourth-order valence-electron chi connectivity index (χ4n) is 2.77. The molecular weight excluding hydrogens is 356 g/mol. The first kappa shape index (κ1) is 20.7. The van der Waals surface area contributed by atoms with Gasteiger partial charge >= 0.3 is 5.97 Å². The molecule has 0 spiro atoms. The number of carbonyl (C=O) groups is 1. The minimum atomic E-state index is -1.19. The molecule has 27 heavy (non-hydrogen) atoms. The smallest absolute Gasteiger partial charge is 0.333 e. The van der Waals surface area contributed by atoms with Crippen molar-refractivity contribution in [3.8, 4) is 10.4 Å². The highest BCUT2D eigenvalue weighted by atomic mass is 32.1. The Balaban J connectivity index is 2.17. The summed E-state index contributed by atoms with van der Waals surface area (Å²) in [4.78, 5) is 18.3. The van der Waals surface area contributed by atoms with Gasteiger partial charge < -0.3 is 10.0 Å². The first-order valence-corrected chi connectivity index (χ1v) is 10.2. The Morgan fingerprint density at radius 2 is 1.74 bits per heavy atom. The molecule has 2 aromatic rings. The zero-order valence-corrected chi connectivity index (χ0v) is 16.8. The summed E-state index contributed by atoms with van der Waals surface area (Å²) in [6, 6.07) is 12.4. The van der Waals surface area contributed by atoms with Crippen molar-refractivity contribution in [2.75, 3.05) is 18.0 Å². The van der Waals surface area contributed by atoms with Gasteiger partial charge in [0.25, 0.3) is 5.70 Å². The lowest BCUT2D eigenvalue weighted by molar-refractivity contribution is -0.132. The van der Waals surface area contributed by atoms with Gasteiger partial charge in [-0.3, -0.25) is 4.79 Å². The third-order valence-electron chi connectivity index (χ3n) is 4.33. The summed E-state index contributed by atoms with van der Waals surface area (Å²) in [6.45, 7) is 13.5. The molecule has 0 unspecified atom stereocenters. The molecule has 1 aromatic heterocycles. The molecule has 0 fully saturated rings. The van der Waals surface area contributed by atoms with E-state index in [0.29, 0.717) is 0 Å². The number of nitrogens with zero attached hydrogens (tertiary/aromatic N) is 2. The van der Waals surface area contributed by atoms with Crippen LogP contribution in [-0.4, -0.2) is 24.2 Å². The van der Waals surface area contributed by atoms with E-state index in [0.717, 1.165) is 28.4 Å². The van der Waals surface area contributed by atoms with Crippen molar-refractivity contribution in [1.82, 2.24) is 0 Å². The van der Waals surface area contributed by atoms with Crippen LogP contribution in [0.3, 0.4) is 0 Å². The van der Waals surface area contributed by atoms with E-state index in [1.54, 1.807) is 0 Å². The maximum atomic E-state index is 11.0. The minimum absolute atomic E-state index is 0.263. The summed E-state index contributed by atoms with van der Waals surface area (Å²) in [5.41, 5.74) is 2.09. The second-order valence-corrected chi connectivity index (χ2v) is 7.50. The van der Waals surface area contributed by atoms with Gasteiger partial charge in [0, 0.05) is 28.5 Å². The van der Waals surface area contributed by atoms with Crippen LogP contribution in [0.1, 0.15) is 44.4 Å². The predicted molar refractivity (Wildman–Crippen MR) is 114 cm³/mol. The lowest BCUT2D eigenvalue weighted by Crippen LogP contribution is -2.25. The molecular formula is C22H26N2O2S. The number of carboxylic acid groups (broad SMARTS) is 1. The highest BCUT2D eigenvalue weighted by molar-refractivity contribution is 7.16. The fraction of sp³-hybridized carbons (Fsp3) is 0.364. The molecule has 0 radical (unpaired) electrons. The molecule has 0 aliphatic heterocycles. The summed E-state index contributed by atoms with van der Waals surface area (Å²) in [7, 11) is 0. The van der Waals surface area contributed by atoms with Crippen LogP contribution in [0.2, 0.25) is 0 Å². The zero-order valence-electron chi connectivity index (χ0n) is 15.9. The number of benzene rings is 1. The lowest BCUT2D eigenvalue weighted by Gasteiger charge is -2.24. The highest BCUT2D eigenvalue weighted by Gasteiger charge is 2.10. The number of aliphatic carboxylic acids is 1. The van der Waals surface area contributed by atoms with E-state index in [4.69, 9.17) is 11.7 Å². The minimum Gasteiger partial charge on any atom is -0.486 e. The Bertz CT molecular complexity index is 808. The van der Waals surface area contributed by atoms with E-state index >= 15 is 0 Å². The normalized spacial score (nSPS) is 11.2. The maximum Gasteiger partial charge on any atom is 0.333 e. The third kappa shape index (κ3) is 5.97. The van der Waals surface area contributed by atoms with Gasteiger partial charge in [-0.15, -0.1) is 11.3 Å². The van der Waals surface area contributed by atoms with E-state index in [1.807, 2.05) is 12.1 Å². The van der Waals surface area contributed by atoms with Crippen LogP contribution in [0.4, 0.5) is 5.69 Å². The van der Waals surface area contributed by atoms with Crippen molar-refractivity contribution < 1.29 is 9.90 Å². The predicted octanol–water partition coefficient (Wildman–Crippen LogP) is 6.17. The number of anilines is 1. The summed E-state index contributed by atoms with van der Waals surface area (Å²) in [6.07, 6.45) is 6.19. The summed E-state index contributed by atoms with van der Waals surface area (Å²) >= 11 is 1.49. The van der Waals surface area contributed by atoms with Crippen molar-refractivity contribution in [2.24, 2.45) is 0 Å². The molecule has 0 amide bonds. The number of hydrogen-bond acceptors (Lipinski definition) is 3. The molecule has 0 saturated carbocycles. The Hall–Kier alpha value is -2.58. The largest absolute Gasteiger partial charge is 0.486 e. The van der Waals surface area contributed by atoms with Gasteiger partial charge in [-0.1, -0.05) is 38.8 Å². The molecule has 5 heteroatoms. The zero-order chi connectivity index (χ0) is 19.6. The number of hydrogen-bond donors (Lipinski definition) is 1. The first-order chi connectivity index (χ1) is 13.1. The molecule has 4 nitrogen and oxygen atoms in total. The second-order valence-electron chi connectivity index (χ2n) is 6.39. The molecule has 0 bridgehead atoms. The van der Waals surface area contributed by atoms with Crippen LogP contribution in [-0.2, 0) is 4.79 Å². The van der Waals surface area contributed by atoms with Crippen molar-refractivity contribution >= 4 is 29.1 Å². The maximum absolute atomic E-state index is 11.0.